The third kappa shape index (κ3) is 11.0. The summed E-state index contributed by atoms with van der Waals surface area (Å²) in [4.78, 5) is 3.19. The Kier molecular flexibility index (Phi) is 16.0. The van der Waals surface area contributed by atoms with E-state index in [4.69, 9.17) is 5.26 Å². The first kappa shape index (κ1) is 11.0. The topological polar surface area (TPSA) is 36.1 Å². The minimum atomic E-state index is 0. The molecule has 0 aliphatic carbocycles. The Labute approximate surface area is 90.8 Å². The fourth-order valence-electron chi connectivity index (χ4n) is 0.0816. The normalized spacial score (nSPS) is 7.43. The molecule has 0 aromatic carbocycles. The van der Waals surface area contributed by atoms with Crippen molar-refractivity contribution in [3.05, 3.63) is 0 Å². The molecule has 4 heteroatoms. The number of nitriles is 1. The molecule has 0 saturated heterocycles. The summed E-state index contributed by atoms with van der Waals surface area (Å²) in [5.41, 5.74) is 0. The van der Waals surface area contributed by atoms with Gasteiger partial charge in [0.1, 0.15) is 0 Å². The SMILES string of the molecule is N#CN=CCS.[KH]. The van der Waals surface area contributed by atoms with Gasteiger partial charge in [-0.2, -0.15) is 22.9 Å². The molecule has 0 unspecified atom stereocenters. The molecular weight excluding hydrogens is 135 g/mol. The van der Waals surface area contributed by atoms with Gasteiger partial charge in [0.2, 0.25) is 6.19 Å². The van der Waals surface area contributed by atoms with Crippen molar-refractivity contribution in [2.24, 2.45) is 4.99 Å². The average molecular weight is 140 g/mol. The number of nitrogens with zero attached hydrogens (tertiary/aromatic N) is 2. The van der Waals surface area contributed by atoms with Crippen LogP contribution in [0.3, 0.4) is 0 Å². The van der Waals surface area contributed by atoms with Crippen LogP contribution in [0.4, 0.5) is 0 Å². The summed E-state index contributed by atoms with van der Waals surface area (Å²) >= 11 is 3.75. The molecule has 0 amide bonds. The van der Waals surface area contributed by atoms with Crippen LogP contribution in [-0.4, -0.2) is 63.4 Å². The number of rotatable bonds is 1. The van der Waals surface area contributed by atoms with Crippen molar-refractivity contribution in [3.63, 3.8) is 0 Å². The number of hydrogen-bond acceptors (Lipinski definition) is 3. The molecule has 0 spiro atoms. The second kappa shape index (κ2) is 10.2. The molecule has 34 valence electrons. The molecule has 2 nitrogen and oxygen atoms in total. The number of hydrogen-bond donors (Lipinski definition) is 1. The first-order valence-corrected chi connectivity index (χ1v) is 2.06. The molecule has 0 rings (SSSR count). The summed E-state index contributed by atoms with van der Waals surface area (Å²) in [5, 5.41) is 7.72. The summed E-state index contributed by atoms with van der Waals surface area (Å²) in [5.74, 6) is 0.535. The van der Waals surface area contributed by atoms with Crippen molar-refractivity contribution in [3.8, 4) is 6.19 Å². The monoisotopic (exact) mass is 140 g/mol. The molecule has 0 atom stereocenters. The van der Waals surface area contributed by atoms with Crippen molar-refractivity contribution in [2.75, 3.05) is 5.75 Å². The van der Waals surface area contributed by atoms with Crippen LogP contribution >= 0.6 is 12.6 Å². The summed E-state index contributed by atoms with van der Waals surface area (Å²) < 4.78 is 0. The van der Waals surface area contributed by atoms with Crippen molar-refractivity contribution in [2.45, 2.75) is 0 Å². The zero-order valence-electron chi connectivity index (χ0n) is 3.13. The van der Waals surface area contributed by atoms with Gasteiger partial charge >= 0.3 is 51.4 Å². The first-order valence-electron chi connectivity index (χ1n) is 1.43. The Hall–Kier alpha value is 1.15. The van der Waals surface area contributed by atoms with E-state index in [1.54, 1.807) is 6.19 Å². The van der Waals surface area contributed by atoms with Gasteiger partial charge in [0.15, 0.2) is 0 Å². The Morgan fingerprint density at radius 2 is 2.43 bits per heavy atom. The Bertz CT molecular complexity index is 85.4. The summed E-state index contributed by atoms with van der Waals surface area (Å²) in [6, 6.07) is 0. The molecular formula is C3H5KN2S. The molecule has 0 aliphatic rings. The summed E-state index contributed by atoms with van der Waals surface area (Å²) in [7, 11) is 0. The minimum absolute atomic E-state index is 0. The van der Waals surface area contributed by atoms with Crippen LogP contribution < -0.4 is 0 Å². The summed E-state index contributed by atoms with van der Waals surface area (Å²) in [6.45, 7) is 0. The first-order chi connectivity index (χ1) is 2.91. The van der Waals surface area contributed by atoms with Gasteiger partial charge < -0.3 is 0 Å². The van der Waals surface area contributed by atoms with Crippen molar-refractivity contribution < 1.29 is 0 Å². The predicted octanol–water partition coefficient (Wildman–Crippen LogP) is -0.180. The third-order valence-electron chi connectivity index (χ3n) is 0.231. The Balaban J connectivity index is 0. The van der Waals surface area contributed by atoms with Crippen molar-refractivity contribution >= 4 is 70.2 Å². The van der Waals surface area contributed by atoms with Gasteiger partial charge in [0, 0.05) is 12.0 Å². The summed E-state index contributed by atoms with van der Waals surface area (Å²) in [6.07, 6.45) is 3.02. The number of aliphatic imine (C=N–C) groups is 1. The van der Waals surface area contributed by atoms with E-state index in [1.807, 2.05) is 0 Å². The molecule has 0 radical (unpaired) electrons. The van der Waals surface area contributed by atoms with Gasteiger partial charge in [-0.3, -0.25) is 0 Å². The van der Waals surface area contributed by atoms with Crippen LogP contribution in [0.1, 0.15) is 0 Å². The van der Waals surface area contributed by atoms with E-state index in [-0.39, 0.29) is 51.4 Å². The van der Waals surface area contributed by atoms with E-state index in [0.29, 0.717) is 5.75 Å². The van der Waals surface area contributed by atoms with Gasteiger partial charge in [-0.05, 0) is 0 Å². The van der Waals surface area contributed by atoms with E-state index < -0.39 is 0 Å². The zero-order valence-corrected chi connectivity index (χ0v) is 4.02. The quantitative estimate of drug-likeness (QED) is 0.233. The van der Waals surface area contributed by atoms with Gasteiger partial charge in [-0.15, -0.1) is 0 Å². The molecule has 0 heterocycles. The van der Waals surface area contributed by atoms with Gasteiger partial charge in [-0.1, -0.05) is 0 Å². The van der Waals surface area contributed by atoms with Gasteiger partial charge in [0.25, 0.3) is 0 Å². The maximum absolute atomic E-state index is 7.72. The Morgan fingerprint density at radius 1 is 1.86 bits per heavy atom. The van der Waals surface area contributed by atoms with Crippen LogP contribution in [0.15, 0.2) is 4.99 Å². The molecule has 0 aliphatic heterocycles. The fraction of sp³-hybridized carbons (Fsp3) is 0.333. The van der Waals surface area contributed by atoms with E-state index >= 15 is 0 Å². The van der Waals surface area contributed by atoms with Crippen molar-refractivity contribution in [1.82, 2.24) is 0 Å². The van der Waals surface area contributed by atoms with Gasteiger partial charge in [0.05, 0.1) is 0 Å². The molecule has 7 heavy (non-hydrogen) atoms. The standard InChI is InChI=1S/C3H4N2S.K.H/c4-3-5-1-2-6;;/h1,6H,2H2;;. The third-order valence-corrected chi connectivity index (χ3v) is 0.394. The van der Waals surface area contributed by atoms with E-state index in [0.717, 1.165) is 0 Å². The van der Waals surface area contributed by atoms with E-state index in [2.05, 4.69) is 17.6 Å². The second-order valence-corrected chi connectivity index (χ2v) is 0.959. The Morgan fingerprint density at radius 3 is 2.57 bits per heavy atom. The maximum atomic E-state index is 7.72. The van der Waals surface area contributed by atoms with Crippen molar-refractivity contribution in [1.29, 1.82) is 5.26 Å². The molecule has 0 bridgehead atoms. The fourth-order valence-corrected chi connectivity index (χ4v) is 0.163. The van der Waals surface area contributed by atoms with E-state index in [1.165, 1.54) is 6.21 Å². The molecule has 0 aromatic rings. The molecule has 0 fully saturated rings. The molecule has 0 saturated carbocycles. The number of thiol groups is 1. The van der Waals surface area contributed by atoms with Crippen LogP contribution in [0, 0.1) is 11.5 Å². The van der Waals surface area contributed by atoms with Gasteiger partial charge in [-0.25, -0.2) is 0 Å². The van der Waals surface area contributed by atoms with Crippen LogP contribution in [0.2, 0.25) is 0 Å². The molecule has 0 aromatic heterocycles. The van der Waals surface area contributed by atoms with Crippen LogP contribution in [0.25, 0.3) is 0 Å². The predicted molar refractivity (Wildman–Crippen MR) is 35.1 cm³/mol. The zero-order chi connectivity index (χ0) is 4.83. The van der Waals surface area contributed by atoms with E-state index in [9.17, 15) is 0 Å². The van der Waals surface area contributed by atoms with Crippen LogP contribution in [-0.2, 0) is 0 Å². The molecule has 0 N–H and O–H groups in total. The average Bonchev–Trinajstić information content (AvgIpc) is 1.61. The van der Waals surface area contributed by atoms with Crippen LogP contribution in [0.5, 0.6) is 0 Å². The second-order valence-electron chi connectivity index (χ2n) is 0.594.